The van der Waals surface area contributed by atoms with Crippen LogP contribution in [0.2, 0.25) is 0 Å². The highest BCUT2D eigenvalue weighted by atomic mass is 16.1. The summed E-state index contributed by atoms with van der Waals surface area (Å²) >= 11 is 0. The summed E-state index contributed by atoms with van der Waals surface area (Å²) in [5.41, 5.74) is 10.9. The third-order valence-corrected chi connectivity index (χ3v) is 1.98. The van der Waals surface area contributed by atoms with Gasteiger partial charge in [0.15, 0.2) is 0 Å². The fourth-order valence-corrected chi connectivity index (χ4v) is 1.68. The first-order chi connectivity index (χ1) is 5.72. The van der Waals surface area contributed by atoms with E-state index in [4.69, 9.17) is 11.5 Å². The minimum Gasteiger partial charge on any atom is -0.368 e. The van der Waals surface area contributed by atoms with Crippen LogP contribution in [-0.4, -0.2) is 11.9 Å². The second-order valence-corrected chi connectivity index (χ2v) is 5.11. The molecule has 3 heteroatoms. The highest BCUT2D eigenvalue weighted by Crippen LogP contribution is 2.26. The monoisotopic (exact) mass is 186 g/mol. The van der Waals surface area contributed by atoms with Crippen LogP contribution >= 0.6 is 0 Å². The van der Waals surface area contributed by atoms with Crippen LogP contribution in [0.15, 0.2) is 0 Å². The topological polar surface area (TPSA) is 69.1 Å². The summed E-state index contributed by atoms with van der Waals surface area (Å²) in [7, 11) is 0. The predicted molar refractivity (Wildman–Crippen MR) is 55.0 cm³/mol. The zero-order valence-electron chi connectivity index (χ0n) is 9.13. The van der Waals surface area contributed by atoms with Crippen molar-refractivity contribution in [3.63, 3.8) is 0 Å². The summed E-state index contributed by atoms with van der Waals surface area (Å²) in [5, 5.41) is 0. The van der Waals surface area contributed by atoms with Gasteiger partial charge in [-0.25, -0.2) is 0 Å². The molecule has 0 saturated heterocycles. The summed E-state index contributed by atoms with van der Waals surface area (Å²) in [4.78, 5) is 10.7. The molecule has 0 aliphatic carbocycles. The number of carbonyl (C=O) groups is 1. The predicted octanol–water partition coefficient (Wildman–Crippen LogP) is 1.26. The lowest BCUT2D eigenvalue weighted by molar-refractivity contribution is -0.119. The van der Waals surface area contributed by atoms with Gasteiger partial charge in [-0.05, 0) is 24.2 Å². The van der Waals surface area contributed by atoms with Crippen LogP contribution < -0.4 is 11.5 Å². The van der Waals surface area contributed by atoms with Crippen LogP contribution in [0.1, 0.15) is 40.5 Å². The van der Waals surface area contributed by atoms with Gasteiger partial charge in [-0.3, -0.25) is 4.79 Å². The first-order valence-electron chi connectivity index (χ1n) is 4.77. The number of hydrogen-bond donors (Lipinski definition) is 2. The first-order valence-corrected chi connectivity index (χ1v) is 4.77. The molecule has 0 aromatic heterocycles. The van der Waals surface area contributed by atoms with E-state index in [-0.39, 0.29) is 5.41 Å². The molecule has 0 radical (unpaired) electrons. The molecule has 0 heterocycles. The molecule has 0 aliphatic rings. The Hall–Kier alpha value is -0.570. The van der Waals surface area contributed by atoms with E-state index in [2.05, 4.69) is 27.7 Å². The molecular weight excluding hydrogens is 164 g/mol. The molecule has 2 unspecified atom stereocenters. The molecule has 2 atom stereocenters. The summed E-state index contributed by atoms with van der Waals surface area (Å²) in [6.07, 6.45) is 1.75. The molecule has 0 bridgehead atoms. The molecule has 1 amide bonds. The van der Waals surface area contributed by atoms with Gasteiger partial charge in [0.2, 0.25) is 5.91 Å². The lowest BCUT2D eigenvalue weighted by atomic mass is 9.83. The summed E-state index contributed by atoms with van der Waals surface area (Å²) in [6, 6.07) is -0.489. The van der Waals surface area contributed by atoms with Gasteiger partial charge in [0.05, 0.1) is 6.04 Å². The third kappa shape index (κ3) is 6.58. The van der Waals surface area contributed by atoms with Gasteiger partial charge in [0.25, 0.3) is 0 Å². The highest BCUT2D eigenvalue weighted by molar-refractivity contribution is 5.79. The Bertz CT molecular complexity index is 172. The van der Waals surface area contributed by atoms with Crippen molar-refractivity contribution in [1.82, 2.24) is 0 Å². The Balaban J connectivity index is 3.88. The fourth-order valence-electron chi connectivity index (χ4n) is 1.68. The maximum absolute atomic E-state index is 10.7. The van der Waals surface area contributed by atoms with E-state index in [9.17, 15) is 4.79 Å². The van der Waals surface area contributed by atoms with Gasteiger partial charge < -0.3 is 11.5 Å². The van der Waals surface area contributed by atoms with Crippen LogP contribution in [0.5, 0.6) is 0 Å². The van der Waals surface area contributed by atoms with Crippen molar-refractivity contribution >= 4 is 5.91 Å². The van der Waals surface area contributed by atoms with Gasteiger partial charge >= 0.3 is 0 Å². The number of carbonyl (C=O) groups excluding carboxylic acids is 1. The van der Waals surface area contributed by atoms with Crippen molar-refractivity contribution < 1.29 is 4.79 Å². The molecule has 0 aliphatic heterocycles. The van der Waals surface area contributed by atoms with E-state index in [0.29, 0.717) is 12.3 Å². The molecule has 0 saturated carbocycles. The minimum absolute atomic E-state index is 0.288. The van der Waals surface area contributed by atoms with Crippen LogP contribution in [0, 0.1) is 11.3 Å². The SMILES string of the molecule is CC(CC(N)C(N)=O)CC(C)(C)C. The number of hydrogen-bond acceptors (Lipinski definition) is 2. The number of nitrogens with two attached hydrogens (primary N) is 2. The number of amides is 1. The largest absolute Gasteiger partial charge is 0.368 e. The Kier molecular flexibility index (Phi) is 4.40. The summed E-state index contributed by atoms with van der Waals surface area (Å²) in [6.45, 7) is 8.64. The van der Waals surface area contributed by atoms with Crippen molar-refractivity contribution in [2.75, 3.05) is 0 Å². The van der Waals surface area contributed by atoms with E-state index in [1.165, 1.54) is 0 Å². The van der Waals surface area contributed by atoms with E-state index in [0.717, 1.165) is 6.42 Å². The molecule has 13 heavy (non-hydrogen) atoms. The Morgan fingerprint density at radius 2 is 1.85 bits per heavy atom. The van der Waals surface area contributed by atoms with Gasteiger partial charge in [-0.1, -0.05) is 27.7 Å². The van der Waals surface area contributed by atoms with E-state index in [1.807, 2.05) is 0 Å². The molecule has 0 rings (SSSR count). The lowest BCUT2D eigenvalue weighted by Gasteiger charge is -2.24. The Morgan fingerprint density at radius 3 is 2.15 bits per heavy atom. The summed E-state index contributed by atoms with van der Waals surface area (Å²) < 4.78 is 0. The summed E-state index contributed by atoms with van der Waals surface area (Å²) in [5.74, 6) is 0.0447. The third-order valence-electron chi connectivity index (χ3n) is 1.98. The maximum Gasteiger partial charge on any atom is 0.234 e. The standard InChI is InChI=1S/C10H22N2O/c1-7(6-10(2,3)4)5-8(11)9(12)13/h7-8H,5-6,11H2,1-4H3,(H2,12,13). The zero-order valence-corrected chi connectivity index (χ0v) is 9.13. The second kappa shape index (κ2) is 4.61. The minimum atomic E-state index is -0.489. The molecule has 0 fully saturated rings. The Labute approximate surface area is 80.9 Å². The van der Waals surface area contributed by atoms with Crippen molar-refractivity contribution in [2.24, 2.45) is 22.8 Å². The Morgan fingerprint density at radius 1 is 1.38 bits per heavy atom. The number of primary amides is 1. The fraction of sp³-hybridized carbons (Fsp3) is 0.900. The van der Waals surface area contributed by atoms with Crippen LogP contribution in [0.25, 0.3) is 0 Å². The molecular formula is C10H22N2O. The average molecular weight is 186 g/mol. The lowest BCUT2D eigenvalue weighted by Crippen LogP contribution is -2.38. The molecule has 4 N–H and O–H groups in total. The average Bonchev–Trinajstić information content (AvgIpc) is 1.81. The van der Waals surface area contributed by atoms with Gasteiger partial charge in [0, 0.05) is 0 Å². The van der Waals surface area contributed by atoms with Crippen LogP contribution in [-0.2, 0) is 4.79 Å². The van der Waals surface area contributed by atoms with E-state index in [1.54, 1.807) is 0 Å². The van der Waals surface area contributed by atoms with Crippen LogP contribution in [0.3, 0.4) is 0 Å². The zero-order chi connectivity index (χ0) is 10.6. The van der Waals surface area contributed by atoms with Crippen molar-refractivity contribution in [2.45, 2.75) is 46.6 Å². The molecule has 0 spiro atoms. The smallest absolute Gasteiger partial charge is 0.234 e. The van der Waals surface area contributed by atoms with Gasteiger partial charge in [0.1, 0.15) is 0 Å². The molecule has 78 valence electrons. The quantitative estimate of drug-likeness (QED) is 0.694. The highest BCUT2D eigenvalue weighted by Gasteiger charge is 2.19. The molecule has 0 aromatic carbocycles. The van der Waals surface area contributed by atoms with Crippen molar-refractivity contribution in [3.8, 4) is 0 Å². The van der Waals surface area contributed by atoms with E-state index >= 15 is 0 Å². The second-order valence-electron chi connectivity index (χ2n) is 5.11. The van der Waals surface area contributed by atoms with Crippen LogP contribution in [0.4, 0.5) is 0 Å². The molecule has 3 nitrogen and oxygen atoms in total. The van der Waals surface area contributed by atoms with Crippen molar-refractivity contribution in [3.05, 3.63) is 0 Å². The van der Waals surface area contributed by atoms with Gasteiger partial charge in [-0.2, -0.15) is 0 Å². The maximum atomic E-state index is 10.7. The van der Waals surface area contributed by atoms with Crippen molar-refractivity contribution in [1.29, 1.82) is 0 Å². The van der Waals surface area contributed by atoms with E-state index < -0.39 is 11.9 Å². The van der Waals surface area contributed by atoms with Gasteiger partial charge in [-0.15, -0.1) is 0 Å². The first kappa shape index (κ1) is 12.4. The molecule has 0 aromatic rings. The normalized spacial score (nSPS) is 16.7. The number of rotatable bonds is 4.